The first-order chi connectivity index (χ1) is 9.97. The molecular weight excluding hydrogens is 296 g/mol. The highest BCUT2D eigenvalue weighted by Crippen LogP contribution is 2.21. The molecule has 1 aromatic heterocycles. The van der Waals surface area contributed by atoms with Crippen molar-refractivity contribution in [1.29, 1.82) is 0 Å². The Bertz CT molecular complexity index is 657. The maximum atomic E-state index is 12.1. The van der Waals surface area contributed by atoms with E-state index in [1.165, 1.54) is 23.1 Å². The molecule has 0 saturated heterocycles. The number of hydrogen-bond donors (Lipinski definition) is 3. The molecule has 1 heterocycles. The third kappa shape index (κ3) is 3.73. The summed E-state index contributed by atoms with van der Waals surface area (Å²) in [6, 6.07) is 3.75. The Morgan fingerprint density at radius 3 is 2.86 bits per heavy atom. The molecule has 2 rings (SSSR count). The molecule has 3 N–H and O–H groups in total. The molecule has 2 amide bonds. The summed E-state index contributed by atoms with van der Waals surface area (Å²) in [5.74, 6) is -1.14. The molecule has 0 aliphatic carbocycles. The van der Waals surface area contributed by atoms with Gasteiger partial charge in [-0.1, -0.05) is 11.6 Å². The summed E-state index contributed by atoms with van der Waals surface area (Å²) in [7, 11) is 1.59. The lowest BCUT2D eigenvalue weighted by atomic mass is 10.2. The summed E-state index contributed by atoms with van der Waals surface area (Å²) in [5.41, 5.74) is 0.959. The summed E-state index contributed by atoms with van der Waals surface area (Å²) >= 11 is 5.83. The van der Waals surface area contributed by atoms with Crippen LogP contribution < -0.4 is 5.32 Å². The number of halogens is 1. The Morgan fingerprint density at radius 1 is 1.48 bits per heavy atom. The fraction of sp³-hybridized carbons (Fsp3) is 0.154. The number of H-pyrrole nitrogens is 1. The first-order valence-electron chi connectivity index (χ1n) is 6.00. The van der Waals surface area contributed by atoms with E-state index in [0.717, 1.165) is 5.56 Å². The standard InChI is InChI=1S/C13H13ClN4O3/c1-18(7-8-5-15-16-6-8)13(21)17-11-4-9(14)2-3-10(11)12(19)20/h2-6H,7H2,1H3,(H,15,16)(H,17,21)(H,19,20). The number of carbonyl (C=O) groups is 2. The highest BCUT2D eigenvalue weighted by molar-refractivity contribution is 6.31. The minimum absolute atomic E-state index is 0.0236. The first-order valence-corrected chi connectivity index (χ1v) is 6.38. The smallest absolute Gasteiger partial charge is 0.337 e. The predicted molar refractivity (Wildman–Crippen MR) is 77.5 cm³/mol. The predicted octanol–water partition coefficient (Wildman–Crippen LogP) is 2.43. The van der Waals surface area contributed by atoms with Crippen molar-refractivity contribution in [3.05, 3.63) is 46.7 Å². The maximum absolute atomic E-state index is 12.1. The number of amides is 2. The van der Waals surface area contributed by atoms with E-state index in [1.54, 1.807) is 19.4 Å². The van der Waals surface area contributed by atoms with Crippen LogP contribution in [0, 0.1) is 0 Å². The second-order valence-electron chi connectivity index (χ2n) is 4.39. The molecule has 2 aromatic rings. The lowest BCUT2D eigenvalue weighted by molar-refractivity contribution is 0.0698. The molecule has 110 valence electrons. The van der Waals surface area contributed by atoms with Gasteiger partial charge in [0.25, 0.3) is 0 Å². The van der Waals surface area contributed by atoms with Crippen LogP contribution in [0.2, 0.25) is 5.02 Å². The number of urea groups is 1. The van der Waals surface area contributed by atoms with Crippen LogP contribution in [0.5, 0.6) is 0 Å². The van der Waals surface area contributed by atoms with Crippen molar-refractivity contribution in [2.75, 3.05) is 12.4 Å². The molecule has 8 heteroatoms. The largest absolute Gasteiger partial charge is 0.478 e. The number of benzene rings is 1. The summed E-state index contributed by atoms with van der Waals surface area (Å²) in [4.78, 5) is 24.6. The minimum atomic E-state index is -1.14. The summed E-state index contributed by atoms with van der Waals surface area (Å²) < 4.78 is 0. The summed E-state index contributed by atoms with van der Waals surface area (Å²) in [6.45, 7) is 0.339. The van der Waals surface area contributed by atoms with Crippen molar-refractivity contribution in [3.63, 3.8) is 0 Å². The quantitative estimate of drug-likeness (QED) is 0.807. The maximum Gasteiger partial charge on any atom is 0.337 e. The van der Waals surface area contributed by atoms with Crippen molar-refractivity contribution >= 4 is 29.3 Å². The minimum Gasteiger partial charge on any atom is -0.478 e. The molecule has 0 aliphatic heterocycles. The zero-order valence-corrected chi connectivity index (χ0v) is 11.9. The summed E-state index contributed by atoms with van der Waals surface area (Å²) in [6.07, 6.45) is 3.28. The van der Waals surface area contributed by atoms with Crippen molar-refractivity contribution in [2.45, 2.75) is 6.54 Å². The van der Waals surface area contributed by atoms with Gasteiger partial charge in [0.05, 0.1) is 24.0 Å². The molecule has 0 saturated carbocycles. The molecular formula is C13H13ClN4O3. The van der Waals surface area contributed by atoms with Crippen LogP contribution in [0.25, 0.3) is 0 Å². The molecule has 1 aromatic carbocycles. The van der Waals surface area contributed by atoms with E-state index in [0.29, 0.717) is 11.6 Å². The van der Waals surface area contributed by atoms with E-state index in [2.05, 4.69) is 15.5 Å². The van der Waals surface area contributed by atoms with Crippen molar-refractivity contribution in [2.24, 2.45) is 0 Å². The highest BCUT2D eigenvalue weighted by Gasteiger charge is 2.15. The highest BCUT2D eigenvalue weighted by atomic mass is 35.5. The van der Waals surface area contributed by atoms with Gasteiger partial charge in [0.1, 0.15) is 0 Å². The van der Waals surface area contributed by atoms with Gasteiger partial charge in [0.2, 0.25) is 0 Å². The Morgan fingerprint density at radius 2 is 2.24 bits per heavy atom. The van der Waals surface area contributed by atoms with E-state index in [1.807, 2.05) is 0 Å². The third-order valence-electron chi connectivity index (χ3n) is 2.77. The van der Waals surface area contributed by atoms with Crippen LogP contribution in [0.15, 0.2) is 30.6 Å². The van der Waals surface area contributed by atoms with Gasteiger partial charge in [0, 0.05) is 23.8 Å². The normalized spacial score (nSPS) is 10.2. The Kier molecular flexibility index (Phi) is 4.44. The lowest BCUT2D eigenvalue weighted by Crippen LogP contribution is -2.31. The average Bonchev–Trinajstić information content (AvgIpc) is 2.91. The van der Waals surface area contributed by atoms with Gasteiger partial charge in [-0.15, -0.1) is 0 Å². The Balaban J connectivity index is 2.11. The fourth-order valence-electron chi connectivity index (χ4n) is 1.73. The number of carboxylic acids is 1. The van der Waals surface area contributed by atoms with Crippen LogP contribution in [0.4, 0.5) is 10.5 Å². The van der Waals surface area contributed by atoms with Crippen molar-refractivity contribution in [3.8, 4) is 0 Å². The number of hydrogen-bond acceptors (Lipinski definition) is 3. The number of aromatic amines is 1. The first kappa shape index (κ1) is 14.9. The van der Waals surface area contributed by atoms with Gasteiger partial charge in [-0.2, -0.15) is 5.10 Å². The molecule has 21 heavy (non-hydrogen) atoms. The van der Waals surface area contributed by atoms with E-state index in [-0.39, 0.29) is 11.3 Å². The zero-order chi connectivity index (χ0) is 15.4. The Hall–Kier alpha value is -2.54. The topological polar surface area (TPSA) is 98.3 Å². The number of rotatable bonds is 4. The average molecular weight is 309 g/mol. The van der Waals surface area contributed by atoms with Gasteiger partial charge >= 0.3 is 12.0 Å². The van der Waals surface area contributed by atoms with Gasteiger partial charge in [-0.05, 0) is 18.2 Å². The van der Waals surface area contributed by atoms with E-state index >= 15 is 0 Å². The van der Waals surface area contributed by atoms with Crippen LogP contribution in [0.3, 0.4) is 0 Å². The second kappa shape index (κ2) is 6.27. The molecule has 0 bridgehead atoms. The van der Waals surface area contributed by atoms with E-state index < -0.39 is 12.0 Å². The Labute approximate surface area is 125 Å². The van der Waals surface area contributed by atoms with Gasteiger partial charge < -0.3 is 15.3 Å². The zero-order valence-electron chi connectivity index (χ0n) is 11.1. The van der Waals surface area contributed by atoms with Crippen molar-refractivity contribution in [1.82, 2.24) is 15.1 Å². The number of anilines is 1. The molecule has 0 unspecified atom stereocenters. The SMILES string of the molecule is CN(Cc1cn[nH]c1)C(=O)Nc1cc(Cl)ccc1C(=O)O. The number of nitrogens with zero attached hydrogens (tertiary/aromatic N) is 2. The van der Waals surface area contributed by atoms with Gasteiger partial charge in [-0.3, -0.25) is 5.10 Å². The van der Waals surface area contributed by atoms with E-state index in [9.17, 15) is 9.59 Å². The molecule has 0 aliphatic rings. The summed E-state index contributed by atoms with van der Waals surface area (Å²) in [5, 5.41) is 18.4. The number of carboxylic acid groups (broad SMARTS) is 1. The lowest BCUT2D eigenvalue weighted by Gasteiger charge is -2.18. The van der Waals surface area contributed by atoms with E-state index in [4.69, 9.17) is 16.7 Å². The second-order valence-corrected chi connectivity index (χ2v) is 4.82. The molecule has 0 atom stereocenters. The van der Waals surface area contributed by atoms with Crippen LogP contribution in [-0.4, -0.2) is 39.3 Å². The molecule has 0 radical (unpaired) electrons. The number of nitrogens with one attached hydrogen (secondary N) is 2. The number of aromatic carboxylic acids is 1. The van der Waals surface area contributed by atoms with Crippen LogP contribution >= 0.6 is 11.6 Å². The number of carbonyl (C=O) groups excluding carboxylic acids is 1. The van der Waals surface area contributed by atoms with Crippen LogP contribution in [-0.2, 0) is 6.54 Å². The molecule has 0 fully saturated rings. The molecule has 0 spiro atoms. The monoisotopic (exact) mass is 308 g/mol. The van der Waals surface area contributed by atoms with Crippen molar-refractivity contribution < 1.29 is 14.7 Å². The number of aromatic nitrogens is 2. The van der Waals surface area contributed by atoms with Gasteiger partial charge in [-0.25, -0.2) is 9.59 Å². The third-order valence-corrected chi connectivity index (χ3v) is 3.01. The van der Waals surface area contributed by atoms with Gasteiger partial charge in [0.15, 0.2) is 0 Å². The van der Waals surface area contributed by atoms with Crippen LogP contribution in [0.1, 0.15) is 15.9 Å². The fourth-order valence-corrected chi connectivity index (χ4v) is 1.90. The molecule has 7 nitrogen and oxygen atoms in total.